The van der Waals surface area contributed by atoms with Gasteiger partial charge in [-0.25, -0.2) is 9.59 Å². The monoisotopic (exact) mass is 298 g/mol. The van der Waals surface area contributed by atoms with Gasteiger partial charge < -0.3 is 21.1 Å². The van der Waals surface area contributed by atoms with E-state index in [9.17, 15) is 14.4 Å². The Labute approximate surface area is 123 Å². The van der Waals surface area contributed by atoms with Gasteiger partial charge in [0.25, 0.3) is 0 Å². The highest BCUT2D eigenvalue weighted by molar-refractivity contribution is 5.87. The van der Waals surface area contributed by atoms with E-state index in [-0.39, 0.29) is 6.04 Å². The van der Waals surface area contributed by atoms with E-state index in [0.717, 1.165) is 25.9 Å². The van der Waals surface area contributed by atoms with Gasteiger partial charge in [-0.3, -0.25) is 9.69 Å². The van der Waals surface area contributed by atoms with E-state index in [1.165, 1.54) is 0 Å². The van der Waals surface area contributed by atoms with Gasteiger partial charge in [0, 0.05) is 25.2 Å². The van der Waals surface area contributed by atoms with Crippen molar-refractivity contribution in [1.82, 2.24) is 15.1 Å². The molecular weight excluding hydrogens is 276 g/mol. The summed E-state index contributed by atoms with van der Waals surface area (Å²) in [5, 5.41) is 11.4. The lowest BCUT2D eigenvalue weighted by Crippen LogP contribution is -2.60. The Morgan fingerprint density at radius 1 is 1.38 bits per heavy atom. The Balaban J connectivity index is 1.97. The van der Waals surface area contributed by atoms with Gasteiger partial charge in [0.1, 0.15) is 6.04 Å². The van der Waals surface area contributed by atoms with E-state index in [2.05, 4.69) is 10.2 Å². The van der Waals surface area contributed by atoms with Crippen LogP contribution in [0.5, 0.6) is 0 Å². The molecule has 2 heterocycles. The van der Waals surface area contributed by atoms with Crippen molar-refractivity contribution in [2.24, 2.45) is 5.73 Å². The minimum Gasteiger partial charge on any atom is -0.480 e. The molecule has 0 aromatic rings. The first-order chi connectivity index (χ1) is 9.88. The second-order valence-electron chi connectivity index (χ2n) is 5.80. The summed E-state index contributed by atoms with van der Waals surface area (Å²) >= 11 is 0. The molecule has 0 aromatic heterocycles. The number of carbonyl (C=O) groups excluding carboxylic acids is 2. The largest absolute Gasteiger partial charge is 0.480 e. The molecule has 2 aliphatic heterocycles. The molecule has 3 atom stereocenters. The van der Waals surface area contributed by atoms with Crippen molar-refractivity contribution in [1.29, 1.82) is 0 Å². The van der Waals surface area contributed by atoms with Gasteiger partial charge >= 0.3 is 12.0 Å². The van der Waals surface area contributed by atoms with Crippen LogP contribution in [0.1, 0.15) is 26.2 Å². The maximum absolute atomic E-state index is 12.3. The van der Waals surface area contributed by atoms with Gasteiger partial charge in [0.2, 0.25) is 5.91 Å². The number of hydrogen-bond donors (Lipinski definition) is 3. The van der Waals surface area contributed by atoms with E-state index < -0.39 is 30.4 Å². The molecule has 0 radical (unpaired) electrons. The molecule has 118 valence electrons. The predicted molar refractivity (Wildman–Crippen MR) is 74.5 cm³/mol. The minimum absolute atomic E-state index is 0.0161. The van der Waals surface area contributed by atoms with Crippen molar-refractivity contribution >= 4 is 17.9 Å². The fraction of sp³-hybridized carbons (Fsp3) is 0.769. The van der Waals surface area contributed by atoms with E-state index in [4.69, 9.17) is 10.8 Å². The Hall–Kier alpha value is -1.83. The molecule has 0 saturated carbocycles. The molecule has 2 rings (SSSR count). The summed E-state index contributed by atoms with van der Waals surface area (Å²) in [6.45, 7) is 4.39. The van der Waals surface area contributed by atoms with Crippen molar-refractivity contribution in [2.45, 2.75) is 44.3 Å². The first-order valence-corrected chi connectivity index (χ1v) is 7.20. The number of nitrogens with zero attached hydrogens (tertiary/aromatic N) is 2. The topological polar surface area (TPSA) is 116 Å². The Bertz CT molecular complexity index is 442. The Morgan fingerprint density at radius 2 is 2.10 bits per heavy atom. The van der Waals surface area contributed by atoms with Crippen molar-refractivity contribution in [3.05, 3.63) is 0 Å². The third-order valence-electron chi connectivity index (χ3n) is 4.20. The van der Waals surface area contributed by atoms with E-state index in [1.807, 2.05) is 6.92 Å². The summed E-state index contributed by atoms with van der Waals surface area (Å²) < 4.78 is 0. The summed E-state index contributed by atoms with van der Waals surface area (Å²) in [7, 11) is 0. The number of piperazine rings is 1. The number of carbonyl (C=O) groups is 3. The van der Waals surface area contributed by atoms with Gasteiger partial charge in [0.05, 0.1) is 6.42 Å². The SMILES string of the molecule is CC1CN2CCCC2CN1C(=O)N[C@@H](CC(N)=O)C(=O)O. The number of aliphatic carboxylic acids is 1. The number of carboxylic acids is 1. The third-order valence-corrected chi connectivity index (χ3v) is 4.20. The number of nitrogens with one attached hydrogen (secondary N) is 1. The fourth-order valence-electron chi connectivity index (χ4n) is 3.10. The van der Waals surface area contributed by atoms with Crippen molar-refractivity contribution in [2.75, 3.05) is 19.6 Å². The van der Waals surface area contributed by atoms with Gasteiger partial charge in [-0.15, -0.1) is 0 Å². The van der Waals surface area contributed by atoms with Crippen LogP contribution in [0.3, 0.4) is 0 Å². The number of carboxylic acid groups (broad SMARTS) is 1. The molecule has 4 N–H and O–H groups in total. The lowest BCUT2D eigenvalue weighted by molar-refractivity contribution is -0.141. The maximum Gasteiger partial charge on any atom is 0.326 e. The van der Waals surface area contributed by atoms with E-state index >= 15 is 0 Å². The van der Waals surface area contributed by atoms with Crippen molar-refractivity contribution < 1.29 is 19.5 Å². The average Bonchev–Trinajstić information content (AvgIpc) is 2.83. The number of nitrogens with two attached hydrogens (primary N) is 1. The molecule has 8 heteroatoms. The van der Waals surface area contributed by atoms with Crippen LogP contribution in [0.25, 0.3) is 0 Å². The molecular formula is C13H22N4O4. The van der Waals surface area contributed by atoms with Crippen LogP contribution >= 0.6 is 0 Å². The number of amides is 3. The molecule has 21 heavy (non-hydrogen) atoms. The Morgan fingerprint density at radius 3 is 2.71 bits per heavy atom. The maximum atomic E-state index is 12.3. The van der Waals surface area contributed by atoms with Crippen molar-refractivity contribution in [3.63, 3.8) is 0 Å². The fourth-order valence-corrected chi connectivity index (χ4v) is 3.10. The summed E-state index contributed by atoms with van der Waals surface area (Å²) in [6, 6.07) is -1.35. The van der Waals surface area contributed by atoms with E-state index in [0.29, 0.717) is 12.6 Å². The molecule has 0 spiro atoms. The molecule has 2 aliphatic rings. The number of hydrogen-bond acceptors (Lipinski definition) is 4. The second kappa shape index (κ2) is 6.30. The number of fused-ring (bicyclic) bond motifs is 1. The van der Waals surface area contributed by atoms with Crippen LogP contribution in [0.15, 0.2) is 0 Å². The standard InChI is InChI=1S/C13H22N4O4/c1-8-6-16-4-2-3-9(16)7-17(8)13(21)15-10(12(19)20)5-11(14)18/h8-10H,2-7H2,1H3,(H2,14,18)(H,15,21)(H,19,20)/t8?,9?,10-/m0/s1. The zero-order valence-corrected chi connectivity index (χ0v) is 12.1. The zero-order valence-electron chi connectivity index (χ0n) is 12.1. The second-order valence-corrected chi connectivity index (χ2v) is 5.80. The summed E-state index contributed by atoms with van der Waals surface area (Å²) in [5.74, 6) is -2.01. The Kier molecular flexibility index (Phi) is 4.66. The quantitative estimate of drug-likeness (QED) is 0.628. The van der Waals surface area contributed by atoms with Gasteiger partial charge in [-0.1, -0.05) is 0 Å². The van der Waals surface area contributed by atoms with Crippen LogP contribution in [0.2, 0.25) is 0 Å². The van der Waals surface area contributed by atoms with Crippen LogP contribution in [0, 0.1) is 0 Å². The summed E-state index contributed by atoms with van der Waals surface area (Å²) in [4.78, 5) is 38.2. The van der Waals surface area contributed by atoms with Crippen LogP contribution in [0.4, 0.5) is 4.79 Å². The summed E-state index contributed by atoms with van der Waals surface area (Å²) in [6.07, 6.45) is 1.78. The lowest BCUT2D eigenvalue weighted by atomic mass is 10.1. The molecule has 2 unspecified atom stereocenters. The minimum atomic E-state index is -1.27. The molecule has 0 bridgehead atoms. The average molecular weight is 298 g/mol. The summed E-state index contributed by atoms with van der Waals surface area (Å²) in [5.41, 5.74) is 5.01. The van der Waals surface area contributed by atoms with Gasteiger partial charge in [0.15, 0.2) is 0 Å². The third kappa shape index (κ3) is 3.63. The molecule has 0 aliphatic carbocycles. The number of rotatable bonds is 4. The highest BCUT2D eigenvalue weighted by atomic mass is 16.4. The molecule has 2 saturated heterocycles. The van der Waals surface area contributed by atoms with E-state index in [1.54, 1.807) is 4.90 Å². The molecule has 0 aromatic carbocycles. The highest BCUT2D eigenvalue weighted by Gasteiger charge is 2.37. The zero-order chi connectivity index (χ0) is 15.6. The predicted octanol–water partition coefficient (Wildman–Crippen LogP) is -0.807. The molecule has 3 amide bonds. The molecule has 8 nitrogen and oxygen atoms in total. The lowest BCUT2D eigenvalue weighted by Gasteiger charge is -2.42. The van der Waals surface area contributed by atoms with Crippen LogP contribution in [-0.4, -0.2) is 70.6 Å². The highest BCUT2D eigenvalue weighted by Crippen LogP contribution is 2.24. The van der Waals surface area contributed by atoms with Gasteiger partial charge in [-0.05, 0) is 26.3 Å². The van der Waals surface area contributed by atoms with Crippen LogP contribution < -0.4 is 11.1 Å². The number of urea groups is 1. The van der Waals surface area contributed by atoms with Crippen LogP contribution in [-0.2, 0) is 9.59 Å². The molecule has 2 fully saturated rings. The number of primary amides is 1. The smallest absolute Gasteiger partial charge is 0.326 e. The first-order valence-electron chi connectivity index (χ1n) is 7.20. The van der Waals surface area contributed by atoms with Gasteiger partial charge in [-0.2, -0.15) is 0 Å². The van der Waals surface area contributed by atoms with Crippen molar-refractivity contribution in [3.8, 4) is 0 Å². The normalized spacial score (nSPS) is 27.0. The first kappa shape index (κ1) is 15.6.